The van der Waals surface area contributed by atoms with Gasteiger partial charge in [0.25, 0.3) is 0 Å². The van der Waals surface area contributed by atoms with Crippen LogP contribution in [-0.4, -0.2) is 92.3 Å². The Kier molecular flexibility index (Phi) is 8.23. The fourth-order valence-electron chi connectivity index (χ4n) is 4.10. The number of hydrogen-bond acceptors (Lipinski definition) is 8. The molecule has 0 saturated carbocycles. The monoisotopic (exact) mass is 473 g/mol. The van der Waals surface area contributed by atoms with Gasteiger partial charge in [-0.1, -0.05) is 0 Å². The lowest BCUT2D eigenvalue weighted by Gasteiger charge is -2.42. The molecule has 0 unspecified atom stereocenters. The van der Waals surface area contributed by atoms with Gasteiger partial charge in [-0.25, -0.2) is 32.3 Å². The minimum atomic E-state index is -3.50. The molecule has 0 spiro atoms. The van der Waals surface area contributed by atoms with Crippen molar-refractivity contribution in [2.24, 2.45) is 0 Å². The van der Waals surface area contributed by atoms with Gasteiger partial charge in [0.15, 0.2) is 0 Å². The van der Waals surface area contributed by atoms with E-state index in [-0.39, 0.29) is 19.3 Å². The molecule has 32 heavy (non-hydrogen) atoms. The number of amides is 1. The van der Waals surface area contributed by atoms with Crippen molar-refractivity contribution in [3.05, 3.63) is 18.5 Å². The SMILES string of the molecule is CC(C)OC(=O)N1CCC[C@H](NS(C)(=O)=O)[C@@H]1CO[C@H]1CCN(c2ncccn2)C[C@H]1F. The van der Waals surface area contributed by atoms with Gasteiger partial charge < -0.3 is 19.3 Å². The van der Waals surface area contributed by atoms with Crippen molar-refractivity contribution in [1.29, 1.82) is 0 Å². The number of ether oxygens (including phenoxy) is 2. The second kappa shape index (κ2) is 10.7. The second-order valence-corrected chi connectivity index (χ2v) is 10.3. The summed E-state index contributed by atoms with van der Waals surface area (Å²) in [6, 6.07) is 0.578. The Bertz CT molecular complexity index is 859. The number of carbonyl (C=O) groups excluding carboxylic acids is 1. The summed E-state index contributed by atoms with van der Waals surface area (Å²) in [5, 5.41) is 0. The Hall–Kier alpha value is -2.05. The van der Waals surface area contributed by atoms with Crippen molar-refractivity contribution in [3.63, 3.8) is 0 Å². The molecule has 1 amide bonds. The maximum atomic E-state index is 14.9. The molecule has 2 aliphatic rings. The van der Waals surface area contributed by atoms with Crippen LogP contribution in [-0.2, 0) is 19.5 Å². The second-order valence-electron chi connectivity index (χ2n) is 8.50. The van der Waals surface area contributed by atoms with E-state index in [1.54, 1.807) is 37.2 Å². The van der Waals surface area contributed by atoms with Crippen molar-refractivity contribution in [3.8, 4) is 0 Å². The van der Waals surface area contributed by atoms with Crippen molar-refractivity contribution < 1.29 is 27.1 Å². The smallest absolute Gasteiger partial charge is 0.410 e. The zero-order chi connectivity index (χ0) is 23.3. The molecule has 1 aromatic rings. The number of nitrogens with one attached hydrogen (secondary N) is 1. The summed E-state index contributed by atoms with van der Waals surface area (Å²) in [5.41, 5.74) is 0. The first kappa shape index (κ1) is 24.6. The largest absolute Gasteiger partial charge is 0.447 e. The van der Waals surface area contributed by atoms with Gasteiger partial charge in [-0.2, -0.15) is 0 Å². The summed E-state index contributed by atoms with van der Waals surface area (Å²) >= 11 is 0. The predicted molar refractivity (Wildman–Crippen MR) is 117 cm³/mol. The van der Waals surface area contributed by atoms with Crippen molar-refractivity contribution in [1.82, 2.24) is 19.6 Å². The zero-order valence-electron chi connectivity index (χ0n) is 18.7. The fraction of sp³-hybridized carbons (Fsp3) is 0.750. The molecule has 2 saturated heterocycles. The van der Waals surface area contributed by atoms with Gasteiger partial charge in [-0.3, -0.25) is 0 Å². The molecule has 2 fully saturated rings. The molecule has 4 atom stereocenters. The zero-order valence-corrected chi connectivity index (χ0v) is 19.5. The van der Waals surface area contributed by atoms with Gasteiger partial charge >= 0.3 is 6.09 Å². The molecule has 0 aromatic carbocycles. The third-order valence-corrected chi connectivity index (χ3v) is 6.24. The summed E-state index contributed by atoms with van der Waals surface area (Å²) < 4.78 is 52.5. The van der Waals surface area contributed by atoms with Crippen LogP contribution in [0.25, 0.3) is 0 Å². The highest BCUT2D eigenvalue weighted by atomic mass is 32.2. The molecule has 3 rings (SSSR count). The van der Waals surface area contributed by atoms with E-state index in [4.69, 9.17) is 9.47 Å². The summed E-state index contributed by atoms with van der Waals surface area (Å²) in [6.45, 7) is 4.56. The Labute approximate surface area is 188 Å². The van der Waals surface area contributed by atoms with Crippen molar-refractivity contribution in [2.75, 3.05) is 37.4 Å². The topological polar surface area (TPSA) is 114 Å². The highest BCUT2D eigenvalue weighted by Gasteiger charge is 2.39. The molecule has 0 bridgehead atoms. The average Bonchev–Trinajstić information content (AvgIpc) is 2.72. The highest BCUT2D eigenvalue weighted by molar-refractivity contribution is 7.88. The first-order valence-electron chi connectivity index (χ1n) is 10.9. The van der Waals surface area contributed by atoms with Crippen LogP contribution in [0.2, 0.25) is 0 Å². The predicted octanol–water partition coefficient (Wildman–Crippen LogP) is 1.34. The number of rotatable bonds is 7. The molecule has 10 nitrogen and oxygen atoms in total. The average molecular weight is 474 g/mol. The molecule has 2 aliphatic heterocycles. The highest BCUT2D eigenvalue weighted by Crippen LogP contribution is 2.24. The number of nitrogens with zero attached hydrogens (tertiary/aromatic N) is 4. The molecular formula is C20H32FN5O5S. The van der Waals surface area contributed by atoms with Crippen LogP contribution in [0, 0.1) is 0 Å². The van der Waals surface area contributed by atoms with Crippen LogP contribution in [0.4, 0.5) is 15.1 Å². The minimum absolute atomic E-state index is 0.00725. The molecule has 180 valence electrons. The van der Waals surface area contributed by atoms with Gasteiger partial charge in [0.2, 0.25) is 16.0 Å². The molecular weight excluding hydrogens is 441 g/mol. The first-order valence-corrected chi connectivity index (χ1v) is 12.8. The van der Waals surface area contributed by atoms with Crippen LogP contribution < -0.4 is 9.62 Å². The maximum Gasteiger partial charge on any atom is 0.410 e. The van der Waals surface area contributed by atoms with E-state index in [0.717, 1.165) is 6.26 Å². The Morgan fingerprint density at radius 1 is 1.28 bits per heavy atom. The van der Waals surface area contributed by atoms with Gasteiger partial charge in [-0.05, 0) is 39.2 Å². The third-order valence-electron chi connectivity index (χ3n) is 5.51. The van der Waals surface area contributed by atoms with Crippen LogP contribution in [0.1, 0.15) is 33.1 Å². The molecule has 1 N–H and O–H groups in total. The third kappa shape index (κ3) is 6.72. The quantitative estimate of drug-likeness (QED) is 0.631. The molecule has 3 heterocycles. The maximum absolute atomic E-state index is 14.9. The van der Waals surface area contributed by atoms with E-state index >= 15 is 0 Å². The number of alkyl halides is 1. The van der Waals surface area contributed by atoms with E-state index in [2.05, 4.69) is 14.7 Å². The van der Waals surface area contributed by atoms with Crippen LogP contribution in [0.5, 0.6) is 0 Å². The number of likely N-dealkylation sites (tertiary alicyclic amines) is 1. The van der Waals surface area contributed by atoms with E-state index < -0.39 is 40.5 Å². The lowest BCUT2D eigenvalue weighted by atomic mass is 9.97. The summed E-state index contributed by atoms with van der Waals surface area (Å²) in [6.07, 6.45) is 3.12. The number of hydrogen-bond donors (Lipinski definition) is 1. The standard InChI is InChI=1S/C20H32FN5O5S/c1-14(2)31-20(27)26-10-4-6-16(24-32(3,28)29)17(26)13-30-18-7-11-25(12-15(18)21)19-22-8-5-9-23-19/h5,8-9,14-18,24H,4,6-7,10-13H2,1-3H3/t15-,16+,17+,18+/m1/s1. The normalized spacial score (nSPS) is 26.9. The first-order chi connectivity index (χ1) is 15.1. The molecule has 1 aromatic heterocycles. The summed E-state index contributed by atoms with van der Waals surface area (Å²) in [5.74, 6) is 0.473. The van der Waals surface area contributed by atoms with Crippen LogP contribution in [0.15, 0.2) is 18.5 Å². The summed E-state index contributed by atoms with van der Waals surface area (Å²) in [4.78, 5) is 24.2. The van der Waals surface area contributed by atoms with Gasteiger partial charge in [0, 0.05) is 31.5 Å². The molecule has 0 radical (unpaired) electrons. The Balaban J connectivity index is 1.66. The number of carbonyl (C=O) groups is 1. The number of sulfonamides is 1. The Morgan fingerprint density at radius 2 is 2.00 bits per heavy atom. The van der Waals surface area contributed by atoms with Gasteiger partial charge in [0.05, 0.1) is 37.7 Å². The van der Waals surface area contributed by atoms with Gasteiger partial charge in [-0.15, -0.1) is 0 Å². The molecule has 0 aliphatic carbocycles. The lowest BCUT2D eigenvalue weighted by Crippen LogP contribution is -2.59. The van der Waals surface area contributed by atoms with E-state index in [9.17, 15) is 17.6 Å². The minimum Gasteiger partial charge on any atom is -0.447 e. The fourth-order valence-corrected chi connectivity index (χ4v) is 4.93. The summed E-state index contributed by atoms with van der Waals surface area (Å²) in [7, 11) is -3.50. The Morgan fingerprint density at radius 3 is 2.62 bits per heavy atom. The van der Waals surface area contributed by atoms with E-state index in [1.165, 1.54) is 4.90 Å². The number of anilines is 1. The van der Waals surface area contributed by atoms with Gasteiger partial charge in [0.1, 0.15) is 6.17 Å². The van der Waals surface area contributed by atoms with E-state index in [1.807, 2.05) is 0 Å². The van der Waals surface area contributed by atoms with E-state index in [0.29, 0.717) is 38.3 Å². The number of piperidine rings is 2. The lowest BCUT2D eigenvalue weighted by molar-refractivity contribution is -0.0501. The number of halogens is 1. The van der Waals surface area contributed by atoms with Crippen molar-refractivity contribution in [2.45, 2.75) is 63.6 Å². The number of aromatic nitrogens is 2. The van der Waals surface area contributed by atoms with Crippen LogP contribution in [0.3, 0.4) is 0 Å². The molecule has 12 heteroatoms. The van der Waals surface area contributed by atoms with Crippen LogP contribution >= 0.6 is 0 Å². The van der Waals surface area contributed by atoms with Crippen molar-refractivity contribution >= 4 is 22.1 Å².